The molecule has 0 bridgehead atoms. The van der Waals surface area contributed by atoms with Crippen LogP contribution < -0.4 is 0 Å². The number of rotatable bonds is 2. The van der Waals surface area contributed by atoms with E-state index in [0.29, 0.717) is 10.6 Å². The van der Waals surface area contributed by atoms with Gasteiger partial charge in [-0.15, -0.1) is 0 Å². The summed E-state index contributed by atoms with van der Waals surface area (Å²) in [6, 6.07) is 9.33. The van der Waals surface area contributed by atoms with Crippen molar-refractivity contribution in [3.05, 3.63) is 74.9 Å². The lowest BCUT2D eigenvalue weighted by atomic mass is 10.1. The van der Waals surface area contributed by atoms with E-state index in [2.05, 4.69) is 4.99 Å². The average molecular weight is 386 g/mol. The zero-order valence-electron chi connectivity index (χ0n) is 12.3. The molecule has 25 heavy (non-hydrogen) atoms. The van der Waals surface area contributed by atoms with Gasteiger partial charge in [0.15, 0.2) is 5.70 Å². The molecule has 0 aliphatic carbocycles. The second kappa shape index (κ2) is 6.54. The van der Waals surface area contributed by atoms with Crippen LogP contribution in [0.5, 0.6) is 0 Å². The summed E-state index contributed by atoms with van der Waals surface area (Å²) in [5, 5.41) is 0.588. The molecule has 2 aromatic carbocycles. The third kappa shape index (κ3) is 3.70. The molecule has 3 nitrogen and oxygen atoms in total. The Hall–Kier alpha value is -2.31. The molecule has 0 amide bonds. The number of cyclic esters (lactones) is 1. The molecule has 0 saturated carbocycles. The van der Waals surface area contributed by atoms with Crippen LogP contribution in [0.3, 0.4) is 0 Å². The quantitative estimate of drug-likeness (QED) is 0.515. The van der Waals surface area contributed by atoms with Gasteiger partial charge in [-0.3, -0.25) is 0 Å². The van der Waals surface area contributed by atoms with E-state index in [0.717, 1.165) is 12.1 Å². The van der Waals surface area contributed by atoms with E-state index >= 15 is 0 Å². The molecule has 0 radical (unpaired) electrons. The second-order valence-corrected chi connectivity index (χ2v) is 5.89. The molecule has 0 spiro atoms. The number of carbonyl (C=O) groups is 1. The second-order valence-electron chi connectivity index (χ2n) is 5.05. The van der Waals surface area contributed by atoms with Gasteiger partial charge in [0.2, 0.25) is 5.90 Å². The molecule has 0 unspecified atom stereocenters. The Morgan fingerprint density at radius 1 is 1.08 bits per heavy atom. The first kappa shape index (κ1) is 17.5. The topological polar surface area (TPSA) is 38.7 Å². The first-order chi connectivity index (χ1) is 11.8. The van der Waals surface area contributed by atoms with E-state index in [-0.39, 0.29) is 22.2 Å². The van der Waals surface area contributed by atoms with Crippen molar-refractivity contribution in [1.29, 1.82) is 0 Å². The predicted octanol–water partition coefficient (Wildman–Crippen LogP) is 5.36. The van der Waals surface area contributed by atoms with Crippen LogP contribution in [-0.4, -0.2) is 11.9 Å². The Bertz CT molecular complexity index is 920. The summed E-state index contributed by atoms with van der Waals surface area (Å²) in [7, 11) is 0. The van der Waals surface area contributed by atoms with Crippen LogP contribution >= 0.6 is 23.2 Å². The molecule has 2 aromatic rings. The highest BCUT2D eigenvalue weighted by Crippen LogP contribution is 2.33. The molecule has 1 heterocycles. The molecule has 0 aromatic heterocycles. The van der Waals surface area contributed by atoms with Crippen molar-refractivity contribution in [2.75, 3.05) is 0 Å². The monoisotopic (exact) mass is 385 g/mol. The minimum Gasteiger partial charge on any atom is -0.402 e. The molecule has 3 rings (SSSR count). The maximum absolute atomic E-state index is 13.0. The van der Waals surface area contributed by atoms with Crippen molar-refractivity contribution in [2.45, 2.75) is 6.18 Å². The van der Waals surface area contributed by atoms with Crippen LogP contribution in [0, 0.1) is 0 Å². The highest BCUT2D eigenvalue weighted by molar-refractivity contribution is 6.37. The SMILES string of the molecule is O=C1OC(c2ccc(Cl)cc2Cl)=N/C1=C\c1ccccc1C(F)(F)F. The van der Waals surface area contributed by atoms with E-state index in [1.165, 1.54) is 36.4 Å². The van der Waals surface area contributed by atoms with Crippen molar-refractivity contribution in [1.82, 2.24) is 0 Å². The van der Waals surface area contributed by atoms with Crippen LogP contribution in [0.4, 0.5) is 13.2 Å². The van der Waals surface area contributed by atoms with Gasteiger partial charge in [-0.1, -0.05) is 41.4 Å². The minimum atomic E-state index is -4.55. The number of nitrogens with zero attached hydrogens (tertiary/aromatic N) is 1. The van der Waals surface area contributed by atoms with Crippen LogP contribution in [0.2, 0.25) is 10.0 Å². The lowest BCUT2D eigenvalue weighted by Crippen LogP contribution is -2.08. The van der Waals surface area contributed by atoms with E-state index in [4.69, 9.17) is 27.9 Å². The third-order valence-electron chi connectivity index (χ3n) is 3.34. The van der Waals surface area contributed by atoms with Gasteiger partial charge in [0.25, 0.3) is 0 Å². The Balaban J connectivity index is 2.03. The highest BCUT2D eigenvalue weighted by Gasteiger charge is 2.33. The molecule has 0 saturated heterocycles. The van der Waals surface area contributed by atoms with Crippen LogP contribution in [0.25, 0.3) is 6.08 Å². The number of hydrogen-bond donors (Lipinski definition) is 0. The van der Waals surface area contributed by atoms with E-state index in [1.807, 2.05) is 0 Å². The fraction of sp³-hybridized carbons (Fsp3) is 0.0588. The van der Waals surface area contributed by atoms with Gasteiger partial charge < -0.3 is 4.74 Å². The average Bonchev–Trinajstić information content (AvgIpc) is 2.87. The Morgan fingerprint density at radius 2 is 1.80 bits per heavy atom. The number of halogens is 5. The van der Waals surface area contributed by atoms with Gasteiger partial charge in [0.1, 0.15) is 0 Å². The fourth-order valence-corrected chi connectivity index (χ4v) is 2.70. The standard InChI is InChI=1S/C17H8Cl2F3NO2/c18-10-5-6-11(13(19)8-10)15-23-14(16(24)25-15)7-9-3-1-2-4-12(9)17(20,21)22/h1-8H/b14-7-. The van der Waals surface area contributed by atoms with Crippen molar-refractivity contribution < 1.29 is 22.7 Å². The molecule has 1 aliphatic rings. The maximum atomic E-state index is 13.0. The van der Waals surface area contributed by atoms with E-state index in [9.17, 15) is 18.0 Å². The first-order valence-electron chi connectivity index (χ1n) is 6.90. The fourth-order valence-electron chi connectivity index (χ4n) is 2.22. The van der Waals surface area contributed by atoms with Gasteiger partial charge in [0, 0.05) is 5.02 Å². The van der Waals surface area contributed by atoms with Gasteiger partial charge in [0.05, 0.1) is 16.1 Å². The summed E-state index contributed by atoms with van der Waals surface area (Å²) >= 11 is 11.8. The molecule has 0 N–H and O–H groups in total. The number of carbonyl (C=O) groups excluding carboxylic acids is 1. The first-order valence-corrected chi connectivity index (χ1v) is 7.65. The predicted molar refractivity (Wildman–Crippen MR) is 88.5 cm³/mol. The molecular weight excluding hydrogens is 378 g/mol. The van der Waals surface area contributed by atoms with Gasteiger partial charge in [-0.2, -0.15) is 13.2 Å². The highest BCUT2D eigenvalue weighted by atomic mass is 35.5. The molecule has 0 fully saturated rings. The van der Waals surface area contributed by atoms with Crippen LogP contribution in [0.1, 0.15) is 16.7 Å². The molecular formula is C17H8Cl2F3NO2. The van der Waals surface area contributed by atoms with E-state index in [1.54, 1.807) is 0 Å². The van der Waals surface area contributed by atoms with Crippen molar-refractivity contribution in [2.24, 2.45) is 4.99 Å². The summed E-state index contributed by atoms with van der Waals surface area (Å²) < 4.78 is 44.1. The molecule has 8 heteroatoms. The number of esters is 1. The van der Waals surface area contributed by atoms with E-state index < -0.39 is 17.7 Å². The Labute approximate surface area is 150 Å². The van der Waals surface area contributed by atoms with Gasteiger partial charge in [-0.05, 0) is 35.9 Å². The van der Waals surface area contributed by atoms with Crippen molar-refractivity contribution >= 4 is 41.1 Å². The third-order valence-corrected chi connectivity index (χ3v) is 3.89. The number of aliphatic imine (C=N–C) groups is 1. The van der Waals surface area contributed by atoms with Crippen LogP contribution in [0.15, 0.2) is 53.2 Å². The Morgan fingerprint density at radius 3 is 2.48 bits per heavy atom. The number of benzene rings is 2. The Kier molecular flexibility index (Phi) is 4.58. The molecule has 1 aliphatic heterocycles. The molecule has 128 valence electrons. The smallest absolute Gasteiger partial charge is 0.402 e. The lowest BCUT2D eigenvalue weighted by Gasteiger charge is -2.09. The minimum absolute atomic E-state index is 0.0950. The summed E-state index contributed by atoms with van der Waals surface area (Å²) in [6.45, 7) is 0. The zero-order valence-corrected chi connectivity index (χ0v) is 13.8. The number of alkyl halides is 3. The largest absolute Gasteiger partial charge is 0.416 e. The lowest BCUT2D eigenvalue weighted by molar-refractivity contribution is -0.137. The summed E-state index contributed by atoms with van der Waals surface area (Å²) in [5.41, 5.74) is -0.998. The van der Waals surface area contributed by atoms with Crippen molar-refractivity contribution in [3.8, 4) is 0 Å². The maximum Gasteiger partial charge on any atom is 0.416 e. The number of ether oxygens (including phenoxy) is 1. The normalized spacial score (nSPS) is 16.1. The van der Waals surface area contributed by atoms with Crippen LogP contribution in [-0.2, 0) is 15.7 Å². The summed E-state index contributed by atoms with van der Waals surface area (Å²) in [6.07, 6.45) is -3.52. The molecule has 0 atom stereocenters. The van der Waals surface area contributed by atoms with Gasteiger partial charge >= 0.3 is 12.1 Å². The summed E-state index contributed by atoms with van der Waals surface area (Å²) in [4.78, 5) is 15.9. The van der Waals surface area contributed by atoms with Gasteiger partial charge in [-0.25, -0.2) is 9.79 Å². The zero-order chi connectivity index (χ0) is 18.2. The van der Waals surface area contributed by atoms with Crippen molar-refractivity contribution in [3.63, 3.8) is 0 Å². The summed E-state index contributed by atoms with van der Waals surface area (Å²) in [5.74, 6) is -0.958. The number of hydrogen-bond acceptors (Lipinski definition) is 3.